The number of carbonyl (C=O) groups excluding carboxylic acids is 1. The van der Waals surface area contributed by atoms with Gasteiger partial charge in [0.05, 0.1) is 17.9 Å². The summed E-state index contributed by atoms with van der Waals surface area (Å²) in [5.74, 6) is -2.37. The maximum atomic E-state index is 13.6. The number of hydrogen-bond acceptors (Lipinski definition) is 6. The van der Waals surface area contributed by atoms with Gasteiger partial charge in [-0.2, -0.15) is 0 Å². The van der Waals surface area contributed by atoms with Crippen LogP contribution in [0.1, 0.15) is 49.8 Å². The summed E-state index contributed by atoms with van der Waals surface area (Å²) in [6.07, 6.45) is 1.18. The minimum atomic E-state index is -3.34. The zero-order chi connectivity index (χ0) is 25.8. The number of nitrogens with two attached hydrogens (primary N) is 1. The molecule has 3 N–H and O–H groups in total. The molecule has 37 heavy (non-hydrogen) atoms. The standard InChI is InChI=1S/C26H36F2N2O4S.2ClH/c1-3-5-10-35(32,33)11-9-26(31)34-25(18-30-17-20-8-6-7-19(4-2)12-20)24(29)15-21-13-22(27)16-23(28)14-21;;/h6-8,12-14,16,24-25,30H,3-5,9-11,15,17-18,29H2,1-2H3;2*1H/t24-,25+;;/m0../s1. The maximum Gasteiger partial charge on any atom is 0.307 e. The molecule has 0 aromatic heterocycles. The fraction of sp³-hybridized carbons (Fsp3) is 0.500. The van der Waals surface area contributed by atoms with Gasteiger partial charge in [0.25, 0.3) is 0 Å². The van der Waals surface area contributed by atoms with E-state index in [0.29, 0.717) is 18.5 Å². The Balaban J connectivity index is 0.00000648. The highest BCUT2D eigenvalue weighted by atomic mass is 35.5. The summed E-state index contributed by atoms with van der Waals surface area (Å²) in [6, 6.07) is 10.4. The molecule has 2 aromatic carbocycles. The first-order valence-electron chi connectivity index (χ1n) is 12.0. The van der Waals surface area contributed by atoms with Crippen LogP contribution in [0.15, 0.2) is 42.5 Å². The highest BCUT2D eigenvalue weighted by Crippen LogP contribution is 2.13. The SMILES string of the molecule is CCCCS(=O)(=O)CCC(=O)O[C@H](CNCc1cccc(CC)c1)[C@@H](N)Cc1cc(F)cc(F)c1.Cl.Cl. The van der Waals surface area contributed by atoms with Gasteiger partial charge in [0.2, 0.25) is 0 Å². The number of halogens is 4. The number of esters is 1. The predicted molar refractivity (Wildman–Crippen MR) is 148 cm³/mol. The van der Waals surface area contributed by atoms with Gasteiger partial charge in [0, 0.05) is 25.2 Å². The first kappa shape index (κ1) is 35.2. The number of rotatable bonds is 15. The minimum absolute atomic E-state index is 0. The van der Waals surface area contributed by atoms with Crippen LogP contribution >= 0.6 is 24.8 Å². The topological polar surface area (TPSA) is 98.5 Å². The van der Waals surface area contributed by atoms with Crippen LogP contribution in [0.3, 0.4) is 0 Å². The lowest BCUT2D eigenvalue weighted by Crippen LogP contribution is -2.46. The fourth-order valence-electron chi connectivity index (χ4n) is 3.66. The number of unbranched alkanes of at least 4 members (excludes halogenated alkanes) is 1. The molecule has 6 nitrogen and oxygen atoms in total. The molecular formula is C26H38Cl2F2N2O4S. The Bertz CT molecular complexity index is 1050. The Morgan fingerprint density at radius 2 is 1.65 bits per heavy atom. The number of nitrogens with one attached hydrogen (secondary N) is 1. The molecule has 2 rings (SSSR count). The molecule has 0 aliphatic rings. The second-order valence-electron chi connectivity index (χ2n) is 8.73. The van der Waals surface area contributed by atoms with Crippen LogP contribution in [0.25, 0.3) is 0 Å². The van der Waals surface area contributed by atoms with Crippen molar-refractivity contribution in [2.24, 2.45) is 5.73 Å². The van der Waals surface area contributed by atoms with E-state index in [1.165, 1.54) is 17.7 Å². The van der Waals surface area contributed by atoms with Crippen molar-refractivity contribution < 1.29 is 26.7 Å². The average Bonchev–Trinajstić information content (AvgIpc) is 2.80. The van der Waals surface area contributed by atoms with Gasteiger partial charge in [0.15, 0.2) is 9.84 Å². The van der Waals surface area contributed by atoms with Gasteiger partial charge in [-0.1, -0.05) is 44.5 Å². The Labute approximate surface area is 231 Å². The molecule has 11 heteroatoms. The second-order valence-corrected chi connectivity index (χ2v) is 11.0. The van der Waals surface area contributed by atoms with Crippen molar-refractivity contribution in [3.05, 3.63) is 70.8 Å². The third kappa shape index (κ3) is 13.5. The third-order valence-electron chi connectivity index (χ3n) is 5.65. The lowest BCUT2D eigenvalue weighted by Gasteiger charge is -2.25. The van der Waals surface area contributed by atoms with Gasteiger partial charge in [-0.25, -0.2) is 17.2 Å². The van der Waals surface area contributed by atoms with Crippen molar-refractivity contribution in [2.45, 2.75) is 64.6 Å². The summed E-state index contributed by atoms with van der Waals surface area (Å²) < 4.78 is 56.9. The quantitative estimate of drug-likeness (QED) is 0.299. The predicted octanol–water partition coefficient (Wildman–Crippen LogP) is 4.55. The molecule has 0 heterocycles. The zero-order valence-corrected chi connectivity index (χ0v) is 23.7. The van der Waals surface area contributed by atoms with Gasteiger partial charge in [-0.15, -0.1) is 24.8 Å². The molecule has 2 aromatic rings. The molecule has 0 saturated carbocycles. The molecule has 0 aliphatic heterocycles. The van der Waals surface area contributed by atoms with Gasteiger partial charge >= 0.3 is 5.97 Å². The molecule has 0 radical (unpaired) electrons. The second kappa shape index (κ2) is 17.7. The maximum absolute atomic E-state index is 13.6. The first-order valence-corrected chi connectivity index (χ1v) is 13.8. The third-order valence-corrected chi connectivity index (χ3v) is 7.39. The lowest BCUT2D eigenvalue weighted by molar-refractivity contribution is -0.149. The van der Waals surface area contributed by atoms with E-state index in [1.54, 1.807) is 0 Å². The Morgan fingerprint density at radius 1 is 1.00 bits per heavy atom. The normalized spacial score (nSPS) is 12.7. The van der Waals surface area contributed by atoms with Crippen molar-refractivity contribution in [1.29, 1.82) is 0 Å². The fourth-order valence-corrected chi connectivity index (χ4v) is 5.07. The molecule has 0 amide bonds. The number of sulfone groups is 1. The van der Waals surface area contributed by atoms with Gasteiger partial charge in [0.1, 0.15) is 17.7 Å². The summed E-state index contributed by atoms with van der Waals surface area (Å²) in [7, 11) is -3.34. The number of aryl methyl sites for hydroxylation is 1. The largest absolute Gasteiger partial charge is 0.459 e. The summed E-state index contributed by atoms with van der Waals surface area (Å²) in [5, 5.41) is 3.22. The average molecular weight is 584 g/mol. The summed E-state index contributed by atoms with van der Waals surface area (Å²) in [6.45, 7) is 4.67. The summed E-state index contributed by atoms with van der Waals surface area (Å²) >= 11 is 0. The monoisotopic (exact) mass is 582 g/mol. The van der Waals surface area contributed by atoms with Gasteiger partial charge in [-0.05, 0) is 48.1 Å². The van der Waals surface area contributed by atoms with Crippen LogP contribution in [-0.2, 0) is 38.8 Å². The van der Waals surface area contributed by atoms with Crippen LogP contribution in [0.5, 0.6) is 0 Å². The molecule has 0 spiro atoms. The van der Waals surface area contributed by atoms with E-state index in [2.05, 4.69) is 18.3 Å². The summed E-state index contributed by atoms with van der Waals surface area (Å²) in [4.78, 5) is 12.5. The molecule has 0 saturated heterocycles. The van der Waals surface area contributed by atoms with Crippen molar-refractivity contribution in [3.8, 4) is 0 Å². The molecule has 0 aliphatic carbocycles. The van der Waals surface area contributed by atoms with Crippen molar-refractivity contribution in [3.63, 3.8) is 0 Å². The van der Waals surface area contributed by atoms with Crippen molar-refractivity contribution in [1.82, 2.24) is 5.32 Å². The number of ether oxygens (including phenoxy) is 1. The van der Waals surface area contributed by atoms with Crippen LogP contribution in [-0.4, -0.2) is 44.6 Å². The zero-order valence-electron chi connectivity index (χ0n) is 21.3. The van der Waals surface area contributed by atoms with Crippen LogP contribution in [0.4, 0.5) is 8.78 Å². The van der Waals surface area contributed by atoms with Gasteiger partial charge in [-0.3, -0.25) is 4.79 Å². The first-order chi connectivity index (χ1) is 16.6. The van der Waals surface area contributed by atoms with E-state index in [0.717, 1.165) is 24.5 Å². The number of carbonyl (C=O) groups is 1. The minimum Gasteiger partial charge on any atom is -0.459 e. The van der Waals surface area contributed by atoms with E-state index in [4.69, 9.17) is 10.5 Å². The smallest absolute Gasteiger partial charge is 0.307 e. The molecule has 0 unspecified atom stereocenters. The Morgan fingerprint density at radius 3 is 2.27 bits per heavy atom. The highest BCUT2D eigenvalue weighted by molar-refractivity contribution is 7.91. The van der Waals surface area contributed by atoms with E-state index >= 15 is 0 Å². The summed E-state index contributed by atoms with van der Waals surface area (Å²) in [5.41, 5.74) is 8.88. The molecule has 0 bridgehead atoms. The van der Waals surface area contributed by atoms with Crippen LogP contribution < -0.4 is 11.1 Å². The number of benzene rings is 2. The molecule has 2 atom stereocenters. The molecule has 210 valence electrons. The van der Waals surface area contributed by atoms with Crippen molar-refractivity contribution in [2.75, 3.05) is 18.1 Å². The van der Waals surface area contributed by atoms with Crippen LogP contribution in [0.2, 0.25) is 0 Å². The van der Waals surface area contributed by atoms with E-state index < -0.39 is 39.6 Å². The number of hydrogen-bond donors (Lipinski definition) is 2. The van der Waals surface area contributed by atoms with Crippen LogP contribution in [0, 0.1) is 11.6 Å². The van der Waals surface area contributed by atoms with E-state index in [9.17, 15) is 22.0 Å². The van der Waals surface area contributed by atoms with Gasteiger partial charge < -0.3 is 15.8 Å². The molecule has 0 fully saturated rings. The Hall–Kier alpha value is -1.78. The highest BCUT2D eigenvalue weighted by Gasteiger charge is 2.24. The Kier molecular flexibility index (Phi) is 16.8. The van der Waals surface area contributed by atoms with E-state index in [-0.39, 0.29) is 55.7 Å². The lowest BCUT2D eigenvalue weighted by atomic mass is 10.0. The van der Waals surface area contributed by atoms with Crippen molar-refractivity contribution >= 4 is 40.6 Å². The molecular weight excluding hydrogens is 545 g/mol. The van der Waals surface area contributed by atoms with E-state index in [1.807, 2.05) is 25.1 Å².